The molecule has 0 aliphatic heterocycles. The number of nitrogens with one attached hydrogen (secondary N) is 2. The van der Waals surface area contributed by atoms with Gasteiger partial charge < -0.3 is 10.6 Å². The van der Waals surface area contributed by atoms with Crippen LogP contribution in [0.25, 0.3) is 11.1 Å². The first-order chi connectivity index (χ1) is 15.0. The Morgan fingerprint density at radius 3 is 2.19 bits per heavy atom. The second-order valence-electron chi connectivity index (χ2n) is 7.55. The second kappa shape index (κ2) is 19.0. The number of rotatable bonds is 11. The number of unbranched alkanes of at least 4 members (excludes halogenated alkanes) is 3. The normalized spacial score (nSPS) is 10.1. The maximum absolute atomic E-state index is 4.94. The van der Waals surface area contributed by atoms with E-state index in [0.29, 0.717) is 6.04 Å². The first-order valence-electron chi connectivity index (χ1n) is 11.8. The molecule has 0 spiro atoms. The molecule has 0 fully saturated rings. The van der Waals surface area contributed by atoms with Crippen LogP contribution in [0.4, 0.5) is 11.6 Å². The molecule has 0 amide bonds. The molecule has 2 aromatic rings. The Morgan fingerprint density at radius 2 is 1.71 bits per heavy atom. The standard InChI is InChI=1S/C17H27N5.C5H12.C2H7NS/c1-5-7-10-22-17(18-6-2)15(12-20-22)14-8-9-19-16(11-14)21-13(3)4;1-3-5-4-2;1-2-4-3/h8-9,11-13,18H,5-7,10H2,1-4H3,(H,19,21);3-5H2,1-2H3;2-3H2,1H3. The summed E-state index contributed by atoms with van der Waals surface area (Å²) >= 11 is 1.36. The van der Waals surface area contributed by atoms with Gasteiger partial charge in [0.2, 0.25) is 0 Å². The highest BCUT2D eigenvalue weighted by Gasteiger charge is 2.12. The summed E-state index contributed by atoms with van der Waals surface area (Å²) in [6, 6.07) is 4.48. The van der Waals surface area contributed by atoms with Gasteiger partial charge in [0, 0.05) is 36.6 Å². The van der Waals surface area contributed by atoms with Gasteiger partial charge in [0.15, 0.2) is 0 Å². The Kier molecular flexibility index (Phi) is 17.9. The summed E-state index contributed by atoms with van der Waals surface area (Å²) in [6.07, 6.45) is 10.2. The van der Waals surface area contributed by atoms with Gasteiger partial charge in [0.25, 0.3) is 0 Å². The summed E-state index contributed by atoms with van der Waals surface area (Å²) < 4.78 is 2.07. The highest BCUT2D eigenvalue weighted by molar-refractivity contribution is 7.97. The van der Waals surface area contributed by atoms with Crippen LogP contribution in [-0.2, 0) is 6.54 Å². The van der Waals surface area contributed by atoms with Crippen LogP contribution in [0.2, 0.25) is 0 Å². The largest absolute Gasteiger partial charge is 0.370 e. The van der Waals surface area contributed by atoms with Crippen LogP contribution in [0, 0.1) is 0 Å². The molecule has 2 rings (SSSR count). The van der Waals surface area contributed by atoms with Crippen LogP contribution in [0.15, 0.2) is 24.5 Å². The average molecular weight is 451 g/mol. The molecular formula is C24H46N6S. The zero-order valence-corrected chi connectivity index (χ0v) is 21.7. The van der Waals surface area contributed by atoms with Crippen molar-refractivity contribution in [2.75, 3.05) is 22.9 Å². The molecule has 7 heteroatoms. The number of aryl methyl sites for hydroxylation is 1. The molecule has 178 valence electrons. The van der Waals surface area contributed by atoms with Crippen LogP contribution < -0.4 is 15.8 Å². The molecule has 0 atom stereocenters. The molecule has 2 aromatic heterocycles. The quantitative estimate of drug-likeness (QED) is 0.326. The Hall–Kier alpha value is -1.73. The third kappa shape index (κ3) is 12.7. The highest BCUT2D eigenvalue weighted by Crippen LogP contribution is 2.29. The maximum Gasteiger partial charge on any atom is 0.132 e. The Morgan fingerprint density at radius 1 is 1.06 bits per heavy atom. The van der Waals surface area contributed by atoms with Crippen molar-refractivity contribution >= 4 is 23.6 Å². The highest BCUT2D eigenvalue weighted by atomic mass is 32.2. The number of pyridine rings is 1. The molecule has 6 nitrogen and oxygen atoms in total. The fraction of sp³-hybridized carbons (Fsp3) is 0.667. The molecule has 31 heavy (non-hydrogen) atoms. The number of aromatic nitrogens is 3. The van der Waals surface area contributed by atoms with Crippen molar-refractivity contribution in [3.63, 3.8) is 0 Å². The minimum Gasteiger partial charge on any atom is -0.370 e. The van der Waals surface area contributed by atoms with E-state index in [9.17, 15) is 0 Å². The smallest absolute Gasteiger partial charge is 0.132 e. The monoisotopic (exact) mass is 450 g/mol. The van der Waals surface area contributed by atoms with Gasteiger partial charge in [-0.15, -0.1) is 0 Å². The SMILES string of the molecule is CCCCC.CCCCn1ncc(-c2ccnc(NC(C)C)c2)c1NCC.CCSN. The molecule has 0 aliphatic rings. The van der Waals surface area contributed by atoms with Crippen molar-refractivity contribution in [2.24, 2.45) is 5.14 Å². The van der Waals surface area contributed by atoms with Gasteiger partial charge in [-0.1, -0.05) is 65.3 Å². The van der Waals surface area contributed by atoms with Gasteiger partial charge in [-0.25, -0.2) is 9.67 Å². The molecule has 0 radical (unpaired) electrons. The molecule has 4 N–H and O–H groups in total. The van der Waals surface area contributed by atoms with Crippen LogP contribution >= 0.6 is 11.9 Å². The van der Waals surface area contributed by atoms with Gasteiger partial charge in [0.05, 0.1) is 6.20 Å². The molecule has 0 aliphatic carbocycles. The summed E-state index contributed by atoms with van der Waals surface area (Å²) in [7, 11) is 0. The fourth-order valence-corrected chi connectivity index (χ4v) is 2.75. The third-order valence-electron chi connectivity index (χ3n) is 4.29. The van der Waals surface area contributed by atoms with Gasteiger partial charge in [-0.3, -0.25) is 5.14 Å². The number of hydrogen-bond donors (Lipinski definition) is 3. The zero-order chi connectivity index (χ0) is 23.5. The molecular weight excluding hydrogens is 404 g/mol. The van der Waals surface area contributed by atoms with E-state index in [4.69, 9.17) is 5.14 Å². The summed E-state index contributed by atoms with van der Waals surface area (Å²) in [4.78, 5) is 4.38. The van der Waals surface area contributed by atoms with E-state index in [1.165, 1.54) is 37.6 Å². The maximum atomic E-state index is 4.94. The first-order valence-corrected chi connectivity index (χ1v) is 12.9. The van der Waals surface area contributed by atoms with Crippen LogP contribution in [-0.4, -0.2) is 33.1 Å². The summed E-state index contributed by atoms with van der Waals surface area (Å²) in [5, 5.41) is 16.3. The van der Waals surface area contributed by atoms with Crippen molar-refractivity contribution in [3.8, 4) is 11.1 Å². The third-order valence-corrected chi connectivity index (χ3v) is 4.62. The van der Waals surface area contributed by atoms with Crippen molar-refractivity contribution in [1.82, 2.24) is 14.8 Å². The Labute approximate surface area is 195 Å². The second-order valence-corrected chi connectivity index (χ2v) is 8.46. The molecule has 0 saturated carbocycles. The summed E-state index contributed by atoms with van der Waals surface area (Å²) in [5.74, 6) is 3.01. The van der Waals surface area contributed by atoms with Crippen molar-refractivity contribution in [1.29, 1.82) is 0 Å². The van der Waals surface area contributed by atoms with E-state index in [1.54, 1.807) is 0 Å². The van der Waals surface area contributed by atoms with Gasteiger partial charge >= 0.3 is 0 Å². The average Bonchev–Trinajstić information content (AvgIpc) is 3.16. The lowest BCUT2D eigenvalue weighted by Crippen LogP contribution is -2.11. The van der Waals surface area contributed by atoms with Crippen molar-refractivity contribution in [3.05, 3.63) is 24.5 Å². The Bertz CT molecular complexity index is 668. The van der Waals surface area contributed by atoms with E-state index in [2.05, 4.69) is 73.0 Å². The zero-order valence-electron chi connectivity index (χ0n) is 20.9. The summed E-state index contributed by atoms with van der Waals surface area (Å²) in [5.41, 5.74) is 2.27. The lowest BCUT2D eigenvalue weighted by Gasteiger charge is -2.12. The van der Waals surface area contributed by atoms with Crippen LogP contribution in [0.1, 0.15) is 80.6 Å². The lowest BCUT2D eigenvalue weighted by atomic mass is 10.1. The first kappa shape index (κ1) is 29.3. The van der Waals surface area contributed by atoms with E-state index in [-0.39, 0.29) is 0 Å². The number of hydrogen-bond acceptors (Lipinski definition) is 6. The van der Waals surface area contributed by atoms with Crippen LogP contribution in [0.3, 0.4) is 0 Å². The molecule has 0 bridgehead atoms. The topological polar surface area (TPSA) is 80.8 Å². The van der Waals surface area contributed by atoms with Gasteiger partial charge in [-0.05, 0) is 44.9 Å². The number of nitrogens with two attached hydrogens (primary N) is 1. The van der Waals surface area contributed by atoms with E-state index in [1.807, 2.05) is 25.4 Å². The number of anilines is 2. The fourth-order valence-electron chi connectivity index (χ4n) is 2.75. The van der Waals surface area contributed by atoms with E-state index < -0.39 is 0 Å². The molecule has 2 heterocycles. The van der Waals surface area contributed by atoms with Crippen molar-refractivity contribution in [2.45, 2.75) is 93.2 Å². The van der Waals surface area contributed by atoms with Gasteiger partial charge in [-0.2, -0.15) is 5.10 Å². The summed E-state index contributed by atoms with van der Waals surface area (Å²) in [6.45, 7) is 16.8. The predicted octanol–water partition coefficient (Wildman–Crippen LogP) is 6.81. The minimum atomic E-state index is 0.364. The van der Waals surface area contributed by atoms with Crippen molar-refractivity contribution < 1.29 is 0 Å². The Balaban J connectivity index is 0.000000846. The predicted molar refractivity (Wildman–Crippen MR) is 141 cm³/mol. The lowest BCUT2D eigenvalue weighted by molar-refractivity contribution is 0.576. The molecule has 0 aromatic carbocycles. The molecule has 0 unspecified atom stereocenters. The minimum absolute atomic E-state index is 0.364. The van der Waals surface area contributed by atoms with Gasteiger partial charge in [0.1, 0.15) is 11.6 Å². The van der Waals surface area contributed by atoms with E-state index >= 15 is 0 Å². The van der Waals surface area contributed by atoms with E-state index in [0.717, 1.165) is 48.0 Å². The number of nitrogens with zero attached hydrogens (tertiary/aromatic N) is 3. The van der Waals surface area contributed by atoms with Crippen LogP contribution in [0.5, 0.6) is 0 Å². The molecule has 0 saturated heterocycles.